The molecule has 16 heavy (non-hydrogen) atoms. The van der Waals surface area contributed by atoms with Crippen LogP contribution in [0, 0.1) is 0 Å². The first-order valence-electron chi connectivity index (χ1n) is 5.18. The van der Waals surface area contributed by atoms with E-state index in [0.717, 1.165) is 12.0 Å². The summed E-state index contributed by atoms with van der Waals surface area (Å²) in [5.74, 6) is -0.135. The lowest BCUT2D eigenvalue weighted by atomic mass is 9.99. The van der Waals surface area contributed by atoms with Gasteiger partial charge in [-0.25, -0.2) is 0 Å². The lowest BCUT2D eigenvalue weighted by Gasteiger charge is -2.12. The Labute approximate surface area is 104 Å². The van der Waals surface area contributed by atoms with Crippen molar-refractivity contribution in [1.29, 1.82) is 0 Å². The van der Waals surface area contributed by atoms with Crippen LogP contribution in [0.4, 0.5) is 0 Å². The molecule has 0 bridgehead atoms. The molecule has 2 nitrogen and oxygen atoms in total. The molecule has 0 aliphatic heterocycles. The molecule has 0 aliphatic carbocycles. The van der Waals surface area contributed by atoms with Gasteiger partial charge in [0.2, 0.25) is 0 Å². The molecule has 1 N–H and O–H groups in total. The Kier molecular flexibility index (Phi) is 4.90. The number of ketones is 1. The van der Waals surface area contributed by atoms with E-state index in [1.54, 1.807) is 0 Å². The fraction of sp³-hybridized carbons (Fsp3) is 0.308. The molecule has 1 aromatic rings. The lowest BCUT2D eigenvalue weighted by molar-refractivity contribution is -0.114. The number of halogens is 1. The molecule has 1 aromatic carbocycles. The molecule has 0 aliphatic rings. The van der Waals surface area contributed by atoms with E-state index in [1.807, 2.05) is 24.3 Å². The Morgan fingerprint density at radius 1 is 1.44 bits per heavy atom. The number of hydrogen-bond donors (Lipinski definition) is 1. The van der Waals surface area contributed by atoms with Crippen molar-refractivity contribution in [3.8, 4) is 0 Å². The summed E-state index contributed by atoms with van der Waals surface area (Å²) in [4.78, 5) is 12.7. The smallest absolute Gasteiger partial charge is 0.159 e. The van der Waals surface area contributed by atoms with E-state index in [-0.39, 0.29) is 5.78 Å². The van der Waals surface area contributed by atoms with Crippen molar-refractivity contribution in [1.82, 2.24) is 0 Å². The van der Waals surface area contributed by atoms with E-state index < -0.39 is 6.10 Å². The van der Waals surface area contributed by atoms with Crippen molar-refractivity contribution in [3.63, 3.8) is 0 Å². The minimum Gasteiger partial charge on any atom is -0.384 e. The van der Waals surface area contributed by atoms with Gasteiger partial charge in [-0.2, -0.15) is 0 Å². The summed E-state index contributed by atoms with van der Waals surface area (Å²) >= 11 is 3.10. The predicted molar refractivity (Wildman–Crippen MR) is 68.5 cm³/mol. The molecular formula is C13H15BrO2. The van der Waals surface area contributed by atoms with Crippen molar-refractivity contribution >= 4 is 21.7 Å². The van der Waals surface area contributed by atoms with Crippen LogP contribution in [0.2, 0.25) is 0 Å². The van der Waals surface area contributed by atoms with Crippen molar-refractivity contribution in [2.75, 3.05) is 0 Å². The third-order valence-electron chi connectivity index (χ3n) is 2.52. The first-order chi connectivity index (χ1) is 7.60. The Morgan fingerprint density at radius 2 is 2.00 bits per heavy atom. The molecule has 1 unspecified atom stereocenters. The Bertz CT molecular complexity index is 393. The molecular weight excluding hydrogens is 268 g/mol. The third kappa shape index (κ3) is 3.03. The summed E-state index contributed by atoms with van der Waals surface area (Å²) in [6, 6.07) is 7.63. The molecule has 0 saturated carbocycles. The Morgan fingerprint density at radius 3 is 2.38 bits per heavy atom. The monoisotopic (exact) mass is 282 g/mol. The number of carbonyl (C=O) groups excluding carboxylic acids is 1. The number of carbonyl (C=O) groups is 1. The first kappa shape index (κ1) is 13.1. The van der Waals surface area contributed by atoms with Crippen LogP contribution >= 0.6 is 15.9 Å². The average molecular weight is 283 g/mol. The highest BCUT2D eigenvalue weighted by Crippen LogP contribution is 2.23. The summed E-state index contributed by atoms with van der Waals surface area (Å²) in [5, 5.41) is 10.00. The summed E-state index contributed by atoms with van der Waals surface area (Å²) < 4.78 is 0. The van der Waals surface area contributed by atoms with Gasteiger partial charge in [-0.05, 0) is 29.5 Å². The van der Waals surface area contributed by atoms with E-state index in [1.165, 1.54) is 17.5 Å². The van der Waals surface area contributed by atoms with Crippen LogP contribution in [0.1, 0.15) is 31.1 Å². The van der Waals surface area contributed by atoms with Gasteiger partial charge in [0.25, 0.3) is 0 Å². The minimum atomic E-state index is -0.859. The molecule has 86 valence electrons. The number of Topliss-reactive ketones (excluding diaryl/α,β-unsaturated/α-hetero) is 1. The predicted octanol–water partition coefficient (Wildman–Crippen LogP) is 3.15. The molecule has 0 heterocycles. The average Bonchev–Trinajstić information content (AvgIpc) is 2.29. The highest BCUT2D eigenvalue weighted by Gasteiger charge is 2.16. The van der Waals surface area contributed by atoms with Gasteiger partial charge in [-0.1, -0.05) is 47.1 Å². The Hall–Kier alpha value is -0.930. The van der Waals surface area contributed by atoms with Gasteiger partial charge in [0.1, 0.15) is 6.10 Å². The van der Waals surface area contributed by atoms with Gasteiger partial charge in [0, 0.05) is 5.57 Å². The molecule has 1 rings (SSSR count). The number of aliphatic hydroxyl groups is 1. The second-order valence-electron chi connectivity index (χ2n) is 3.62. The van der Waals surface area contributed by atoms with Gasteiger partial charge in [-0.3, -0.25) is 4.79 Å². The topological polar surface area (TPSA) is 37.3 Å². The number of aliphatic hydroxyl groups excluding tert-OH is 1. The summed E-state index contributed by atoms with van der Waals surface area (Å²) in [6.07, 6.45) is 0.104. The second-order valence-corrected chi connectivity index (χ2v) is 4.08. The number of aryl methyl sites for hydroxylation is 1. The Balaban J connectivity index is 2.95. The molecule has 0 fully saturated rings. The van der Waals surface area contributed by atoms with Crippen molar-refractivity contribution in [3.05, 3.63) is 46.0 Å². The standard InChI is InChI=1S/C13H15BrO2/c1-3-10-4-6-11(7-5-10)13(16)12(8-14)9(2)15/h4-8,13,16H,3H2,1-2H3/b12-8-. The van der Waals surface area contributed by atoms with Gasteiger partial charge in [0.15, 0.2) is 5.78 Å². The summed E-state index contributed by atoms with van der Waals surface area (Å²) in [5.41, 5.74) is 2.31. The quantitative estimate of drug-likeness (QED) is 0.862. The summed E-state index contributed by atoms with van der Waals surface area (Å²) in [6.45, 7) is 3.52. The van der Waals surface area contributed by atoms with Crippen LogP contribution in [0.3, 0.4) is 0 Å². The van der Waals surface area contributed by atoms with E-state index in [2.05, 4.69) is 22.9 Å². The van der Waals surface area contributed by atoms with Crippen LogP contribution < -0.4 is 0 Å². The van der Waals surface area contributed by atoms with E-state index in [9.17, 15) is 9.90 Å². The van der Waals surface area contributed by atoms with Crippen LogP contribution in [0.5, 0.6) is 0 Å². The zero-order valence-electron chi connectivity index (χ0n) is 9.40. The van der Waals surface area contributed by atoms with E-state index in [4.69, 9.17) is 0 Å². The third-order valence-corrected chi connectivity index (χ3v) is 3.02. The highest BCUT2D eigenvalue weighted by atomic mass is 79.9. The van der Waals surface area contributed by atoms with Crippen LogP contribution in [0.25, 0.3) is 0 Å². The minimum absolute atomic E-state index is 0.135. The maximum Gasteiger partial charge on any atom is 0.159 e. The maximum atomic E-state index is 11.3. The van der Waals surface area contributed by atoms with E-state index in [0.29, 0.717) is 5.57 Å². The SMILES string of the molecule is CCc1ccc(C(O)/C(=C\Br)C(C)=O)cc1. The number of rotatable bonds is 4. The maximum absolute atomic E-state index is 11.3. The van der Waals surface area contributed by atoms with E-state index >= 15 is 0 Å². The summed E-state index contributed by atoms with van der Waals surface area (Å²) in [7, 11) is 0. The van der Waals surface area contributed by atoms with Crippen molar-refractivity contribution < 1.29 is 9.90 Å². The highest BCUT2D eigenvalue weighted by molar-refractivity contribution is 9.11. The van der Waals surface area contributed by atoms with Gasteiger partial charge in [0.05, 0.1) is 0 Å². The number of benzene rings is 1. The van der Waals surface area contributed by atoms with Gasteiger partial charge in [-0.15, -0.1) is 0 Å². The molecule has 0 saturated heterocycles. The molecule has 0 radical (unpaired) electrons. The largest absolute Gasteiger partial charge is 0.384 e. The van der Waals surface area contributed by atoms with Crippen molar-refractivity contribution in [2.24, 2.45) is 0 Å². The zero-order chi connectivity index (χ0) is 12.1. The molecule has 0 spiro atoms. The lowest BCUT2D eigenvalue weighted by Crippen LogP contribution is -2.08. The van der Waals surface area contributed by atoms with Gasteiger partial charge >= 0.3 is 0 Å². The van der Waals surface area contributed by atoms with Crippen LogP contribution in [-0.4, -0.2) is 10.9 Å². The van der Waals surface area contributed by atoms with Crippen LogP contribution in [0.15, 0.2) is 34.8 Å². The van der Waals surface area contributed by atoms with Crippen molar-refractivity contribution in [2.45, 2.75) is 26.4 Å². The fourth-order valence-corrected chi connectivity index (χ4v) is 2.02. The molecule has 0 amide bonds. The fourth-order valence-electron chi connectivity index (χ4n) is 1.44. The normalized spacial score (nSPS) is 13.6. The number of hydrogen-bond acceptors (Lipinski definition) is 2. The molecule has 3 heteroatoms. The van der Waals surface area contributed by atoms with Gasteiger partial charge < -0.3 is 5.11 Å². The first-order valence-corrected chi connectivity index (χ1v) is 6.09. The second kappa shape index (κ2) is 5.97. The van der Waals surface area contributed by atoms with Crippen LogP contribution in [-0.2, 0) is 11.2 Å². The molecule has 1 atom stereocenters. The molecule has 0 aromatic heterocycles. The zero-order valence-corrected chi connectivity index (χ0v) is 11.0.